The maximum atomic E-state index is 12.2. The van der Waals surface area contributed by atoms with E-state index in [9.17, 15) is 4.79 Å². The molecule has 0 aliphatic heterocycles. The monoisotopic (exact) mass is 491 g/mol. The van der Waals surface area contributed by atoms with Crippen LogP contribution in [0, 0.1) is 6.92 Å². The molecule has 0 amide bonds. The van der Waals surface area contributed by atoms with Gasteiger partial charge in [-0.3, -0.25) is 5.43 Å². The van der Waals surface area contributed by atoms with Crippen LogP contribution in [0.1, 0.15) is 21.5 Å². The van der Waals surface area contributed by atoms with Gasteiger partial charge in [0.05, 0.1) is 17.5 Å². The molecule has 3 aromatic carbocycles. The van der Waals surface area contributed by atoms with E-state index in [0.29, 0.717) is 16.4 Å². The van der Waals surface area contributed by atoms with Crippen molar-refractivity contribution in [3.8, 4) is 17.0 Å². The third-order valence-electron chi connectivity index (χ3n) is 4.36. The summed E-state index contributed by atoms with van der Waals surface area (Å²) < 4.78 is 6.46. The van der Waals surface area contributed by atoms with E-state index in [2.05, 4.69) is 31.4 Å². The molecule has 0 aliphatic carbocycles. The molecule has 4 rings (SSSR count). The molecule has 0 bridgehead atoms. The Morgan fingerprint density at radius 3 is 2.61 bits per heavy atom. The van der Waals surface area contributed by atoms with Gasteiger partial charge < -0.3 is 4.74 Å². The number of ether oxygens (including phenoxy) is 1. The van der Waals surface area contributed by atoms with Crippen LogP contribution in [0.2, 0.25) is 0 Å². The maximum Gasteiger partial charge on any atom is 0.343 e. The van der Waals surface area contributed by atoms with Crippen molar-refractivity contribution in [1.82, 2.24) is 4.98 Å². The van der Waals surface area contributed by atoms with Gasteiger partial charge in [-0.15, -0.1) is 11.3 Å². The molecule has 0 fully saturated rings. The number of carbonyl (C=O) groups excluding carboxylic acids is 1. The van der Waals surface area contributed by atoms with Crippen molar-refractivity contribution >= 4 is 44.6 Å². The fourth-order valence-corrected chi connectivity index (χ4v) is 3.73. The molecule has 0 unspecified atom stereocenters. The van der Waals surface area contributed by atoms with Crippen molar-refractivity contribution in [1.29, 1.82) is 0 Å². The highest BCUT2D eigenvalue weighted by atomic mass is 79.9. The number of hydrazone groups is 1. The number of aromatic nitrogens is 1. The van der Waals surface area contributed by atoms with Gasteiger partial charge in [0.2, 0.25) is 5.13 Å². The third kappa shape index (κ3) is 5.65. The van der Waals surface area contributed by atoms with Crippen molar-refractivity contribution in [2.75, 3.05) is 5.43 Å². The van der Waals surface area contributed by atoms with Crippen molar-refractivity contribution < 1.29 is 9.53 Å². The molecule has 0 saturated carbocycles. The van der Waals surface area contributed by atoms with E-state index in [4.69, 9.17) is 4.74 Å². The number of hydrogen-bond donors (Lipinski definition) is 1. The lowest BCUT2D eigenvalue weighted by Crippen LogP contribution is -2.08. The zero-order valence-corrected chi connectivity index (χ0v) is 19.0. The minimum absolute atomic E-state index is 0.378. The Balaban J connectivity index is 1.34. The minimum Gasteiger partial charge on any atom is -0.423 e. The second-order valence-electron chi connectivity index (χ2n) is 6.74. The van der Waals surface area contributed by atoms with E-state index in [1.165, 1.54) is 11.3 Å². The summed E-state index contributed by atoms with van der Waals surface area (Å²) in [7, 11) is 0. The molecule has 4 aromatic rings. The number of aryl methyl sites for hydroxylation is 1. The SMILES string of the molecule is Cc1cccc(C(=O)Oc2ccc(/C=N\Nc3nc(-c4ccc(Br)cc4)cs3)cc2)c1. The van der Waals surface area contributed by atoms with Gasteiger partial charge >= 0.3 is 5.97 Å². The lowest BCUT2D eigenvalue weighted by atomic mass is 10.1. The molecule has 154 valence electrons. The van der Waals surface area contributed by atoms with Gasteiger partial charge in [-0.1, -0.05) is 45.8 Å². The highest BCUT2D eigenvalue weighted by Gasteiger charge is 2.08. The molecule has 1 N–H and O–H groups in total. The fourth-order valence-electron chi connectivity index (χ4n) is 2.80. The van der Waals surface area contributed by atoms with Gasteiger partial charge in [0.15, 0.2) is 0 Å². The van der Waals surface area contributed by atoms with E-state index in [0.717, 1.165) is 26.9 Å². The Hall–Kier alpha value is -3.29. The highest BCUT2D eigenvalue weighted by molar-refractivity contribution is 9.10. The summed E-state index contributed by atoms with van der Waals surface area (Å²) in [6, 6.07) is 22.5. The van der Waals surface area contributed by atoms with Crippen LogP contribution in [0.15, 0.2) is 87.8 Å². The summed E-state index contributed by atoms with van der Waals surface area (Å²) >= 11 is 4.92. The maximum absolute atomic E-state index is 12.2. The average molecular weight is 492 g/mol. The summed E-state index contributed by atoms with van der Waals surface area (Å²) in [5.74, 6) is 0.104. The predicted molar refractivity (Wildman–Crippen MR) is 129 cm³/mol. The Kier molecular flexibility index (Phi) is 6.54. The van der Waals surface area contributed by atoms with Gasteiger partial charge in [-0.2, -0.15) is 5.10 Å². The van der Waals surface area contributed by atoms with E-state index < -0.39 is 0 Å². The molecular weight excluding hydrogens is 474 g/mol. The van der Waals surface area contributed by atoms with Crippen LogP contribution in [0.4, 0.5) is 5.13 Å². The van der Waals surface area contributed by atoms with Gasteiger partial charge in [0.1, 0.15) is 5.75 Å². The number of halogens is 1. The largest absolute Gasteiger partial charge is 0.423 e. The van der Waals surface area contributed by atoms with Gasteiger partial charge in [0.25, 0.3) is 0 Å². The summed E-state index contributed by atoms with van der Waals surface area (Å²) in [4.78, 5) is 16.8. The summed E-state index contributed by atoms with van der Waals surface area (Å²) in [5.41, 5.74) is 7.31. The van der Waals surface area contributed by atoms with E-state index in [1.807, 2.05) is 60.8 Å². The normalized spacial score (nSPS) is 10.9. The number of nitrogens with one attached hydrogen (secondary N) is 1. The van der Waals surface area contributed by atoms with Crippen LogP contribution in [-0.2, 0) is 0 Å². The van der Waals surface area contributed by atoms with E-state index in [1.54, 1.807) is 30.5 Å². The quantitative estimate of drug-likeness (QED) is 0.144. The lowest BCUT2D eigenvalue weighted by molar-refractivity contribution is 0.0734. The molecule has 31 heavy (non-hydrogen) atoms. The number of nitrogens with zero attached hydrogens (tertiary/aromatic N) is 2. The predicted octanol–water partition coefficient (Wildman–Crippen LogP) is 6.55. The van der Waals surface area contributed by atoms with Crippen LogP contribution < -0.4 is 10.2 Å². The molecule has 0 spiro atoms. The number of carbonyl (C=O) groups is 1. The molecule has 1 aromatic heterocycles. The zero-order valence-electron chi connectivity index (χ0n) is 16.6. The minimum atomic E-state index is -0.378. The second-order valence-corrected chi connectivity index (χ2v) is 8.52. The number of benzene rings is 3. The first kappa shape index (κ1) is 21.0. The Morgan fingerprint density at radius 1 is 1.10 bits per heavy atom. The van der Waals surface area contributed by atoms with E-state index in [-0.39, 0.29) is 5.97 Å². The van der Waals surface area contributed by atoms with Crippen LogP contribution >= 0.6 is 27.3 Å². The van der Waals surface area contributed by atoms with Gasteiger partial charge in [-0.25, -0.2) is 9.78 Å². The smallest absolute Gasteiger partial charge is 0.343 e. The van der Waals surface area contributed by atoms with Crippen LogP contribution in [0.3, 0.4) is 0 Å². The Labute approximate surface area is 192 Å². The first-order chi connectivity index (χ1) is 15.1. The summed E-state index contributed by atoms with van der Waals surface area (Å²) in [5, 5.41) is 6.93. The second kappa shape index (κ2) is 9.68. The van der Waals surface area contributed by atoms with Crippen molar-refractivity contribution in [3.05, 3.63) is 99.3 Å². The molecular formula is C24H18BrN3O2S. The van der Waals surface area contributed by atoms with Crippen molar-refractivity contribution in [3.63, 3.8) is 0 Å². The molecule has 7 heteroatoms. The Morgan fingerprint density at radius 2 is 1.87 bits per heavy atom. The zero-order chi connectivity index (χ0) is 21.6. The van der Waals surface area contributed by atoms with Crippen molar-refractivity contribution in [2.24, 2.45) is 5.10 Å². The topological polar surface area (TPSA) is 63.6 Å². The molecule has 5 nitrogen and oxygen atoms in total. The standard InChI is InChI=1S/C24H18BrN3O2S/c1-16-3-2-4-19(13-16)23(29)30-21-11-5-17(6-12-21)14-26-28-24-27-22(15-31-24)18-7-9-20(25)10-8-18/h2-15H,1H3,(H,27,28)/b26-14-. The fraction of sp³-hybridized carbons (Fsp3) is 0.0417. The first-order valence-electron chi connectivity index (χ1n) is 9.46. The molecule has 1 heterocycles. The average Bonchev–Trinajstić information content (AvgIpc) is 3.24. The number of hydrogen-bond acceptors (Lipinski definition) is 6. The van der Waals surface area contributed by atoms with Crippen molar-refractivity contribution in [2.45, 2.75) is 6.92 Å². The highest BCUT2D eigenvalue weighted by Crippen LogP contribution is 2.26. The number of thiazole rings is 1. The molecule has 0 aliphatic rings. The van der Waals surface area contributed by atoms with Gasteiger partial charge in [0, 0.05) is 15.4 Å². The number of rotatable bonds is 6. The molecule has 0 atom stereocenters. The Bertz CT molecular complexity index is 1220. The van der Waals surface area contributed by atoms with Crippen LogP contribution in [0.25, 0.3) is 11.3 Å². The number of anilines is 1. The third-order valence-corrected chi connectivity index (χ3v) is 5.64. The summed E-state index contributed by atoms with van der Waals surface area (Å²) in [6.45, 7) is 1.94. The molecule has 0 radical (unpaired) electrons. The van der Waals surface area contributed by atoms with Crippen LogP contribution in [0.5, 0.6) is 5.75 Å². The first-order valence-corrected chi connectivity index (χ1v) is 11.1. The summed E-state index contributed by atoms with van der Waals surface area (Å²) in [6.07, 6.45) is 1.69. The number of esters is 1. The van der Waals surface area contributed by atoms with Gasteiger partial charge in [-0.05, 0) is 61.0 Å². The molecule has 0 saturated heterocycles. The van der Waals surface area contributed by atoms with E-state index >= 15 is 0 Å². The lowest BCUT2D eigenvalue weighted by Gasteiger charge is -2.05. The van der Waals surface area contributed by atoms with Crippen LogP contribution in [-0.4, -0.2) is 17.2 Å².